The van der Waals surface area contributed by atoms with Gasteiger partial charge in [-0.05, 0) is 12.1 Å². The number of nitrogens with zero attached hydrogens (tertiary/aromatic N) is 1. The minimum atomic E-state index is -0.937. The molecule has 0 unspecified atom stereocenters. The van der Waals surface area contributed by atoms with Gasteiger partial charge in [-0.3, -0.25) is 14.9 Å². The second kappa shape index (κ2) is 6.92. The minimum absolute atomic E-state index is 0.0589. The van der Waals surface area contributed by atoms with Crippen LogP contribution in [-0.2, 0) is 4.74 Å². The van der Waals surface area contributed by atoms with Gasteiger partial charge < -0.3 is 21.1 Å². The van der Waals surface area contributed by atoms with E-state index in [1.165, 1.54) is 12.1 Å². The third kappa shape index (κ3) is 4.12. The van der Waals surface area contributed by atoms with Crippen molar-refractivity contribution in [2.45, 2.75) is 0 Å². The third-order valence-corrected chi connectivity index (χ3v) is 2.36. The average molecular weight is 282 g/mol. The lowest BCUT2D eigenvalue weighted by Gasteiger charge is -2.07. The van der Waals surface area contributed by atoms with Crippen LogP contribution in [0.1, 0.15) is 10.4 Å². The molecule has 20 heavy (non-hydrogen) atoms. The average Bonchev–Trinajstić information content (AvgIpc) is 2.42. The number of carbonyl (C=O) groups is 2. The molecule has 0 aliphatic heterocycles. The number of hydrogen-bond acceptors (Lipinski definition) is 6. The molecule has 0 saturated heterocycles. The summed E-state index contributed by atoms with van der Waals surface area (Å²) in [5.41, 5.74) is 4.99. The van der Waals surface area contributed by atoms with Crippen molar-refractivity contribution in [2.24, 2.45) is 5.73 Å². The van der Waals surface area contributed by atoms with E-state index in [0.29, 0.717) is 5.69 Å². The van der Waals surface area contributed by atoms with Gasteiger partial charge in [0, 0.05) is 18.7 Å². The molecule has 0 aliphatic rings. The smallest absolute Gasteiger partial charge is 0.404 e. The highest BCUT2D eigenvalue weighted by atomic mass is 16.6. The van der Waals surface area contributed by atoms with E-state index in [1.807, 2.05) is 0 Å². The molecule has 9 nitrogen and oxygen atoms in total. The highest BCUT2D eigenvalue weighted by Crippen LogP contribution is 2.24. The van der Waals surface area contributed by atoms with Gasteiger partial charge in [-0.2, -0.15) is 0 Å². The van der Waals surface area contributed by atoms with Crippen LogP contribution in [0.4, 0.5) is 16.2 Å². The van der Waals surface area contributed by atoms with Crippen LogP contribution in [0.2, 0.25) is 0 Å². The third-order valence-electron chi connectivity index (χ3n) is 2.36. The number of carbonyl (C=O) groups excluding carboxylic acids is 2. The molecule has 0 aliphatic carbocycles. The molecule has 2 amide bonds. The number of nitrogens with two attached hydrogens (primary N) is 1. The number of anilines is 1. The first-order valence-electron chi connectivity index (χ1n) is 5.62. The standard InChI is InChI=1S/C11H14N4O5/c1-13-8-3-2-7(6-9(8)15(18)19)10(16)14-4-5-20-11(12)17/h2-3,6,13H,4-5H2,1H3,(H2,12,17)(H,14,16). The van der Waals surface area contributed by atoms with Crippen LogP contribution in [0, 0.1) is 10.1 Å². The molecular formula is C11H14N4O5. The first-order chi connectivity index (χ1) is 9.45. The largest absolute Gasteiger partial charge is 0.448 e. The highest BCUT2D eigenvalue weighted by Gasteiger charge is 2.16. The summed E-state index contributed by atoms with van der Waals surface area (Å²) >= 11 is 0. The van der Waals surface area contributed by atoms with E-state index in [0.717, 1.165) is 6.07 Å². The van der Waals surface area contributed by atoms with Gasteiger partial charge in [0.15, 0.2) is 0 Å². The Balaban J connectivity index is 2.71. The quantitative estimate of drug-likeness (QED) is 0.394. The second-order valence-electron chi connectivity index (χ2n) is 3.66. The van der Waals surface area contributed by atoms with Crippen LogP contribution in [0.15, 0.2) is 18.2 Å². The van der Waals surface area contributed by atoms with Crippen molar-refractivity contribution in [2.75, 3.05) is 25.5 Å². The van der Waals surface area contributed by atoms with Gasteiger partial charge in [0.25, 0.3) is 11.6 Å². The molecule has 0 bridgehead atoms. The summed E-state index contributed by atoms with van der Waals surface area (Å²) in [5, 5.41) is 16.0. The normalized spacial score (nSPS) is 9.65. The topological polar surface area (TPSA) is 137 Å². The van der Waals surface area contributed by atoms with Gasteiger partial charge in [0.05, 0.1) is 11.5 Å². The van der Waals surface area contributed by atoms with Gasteiger partial charge in [0.1, 0.15) is 12.3 Å². The van der Waals surface area contributed by atoms with Crippen LogP contribution < -0.4 is 16.4 Å². The molecule has 9 heteroatoms. The molecule has 0 fully saturated rings. The molecule has 4 N–H and O–H groups in total. The predicted octanol–water partition coefficient (Wildman–Crippen LogP) is 0.462. The number of hydrogen-bond donors (Lipinski definition) is 3. The Labute approximate surface area is 114 Å². The molecule has 1 rings (SSSR count). The van der Waals surface area contributed by atoms with Crippen LogP contribution in [-0.4, -0.2) is 37.1 Å². The van der Waals surface area contributed by atoms with Crippen molar-refractivity contribution in [3.8, 4) is 0 Å². The number of ether oxygens (including phenoxy) is 1. The first-order valence-corrected chi connectivity index (χ1v) is 5.62. The van der Waals surface area contributed by atoms with E-state index in [4.69, 9.17) is 5.73 Å². The summed E-state index contributed by atoms with van der Waals surface area (Å²) in [6, 6.07) is 4.05. The Hall–Kier alpha value is -2.84. The molecule has 1 aromatic carbocycles. The lowest BCUT2D eigenvalue weighted by molar-refractivity contribution is -0.384. The van der Waals surface area contributed by atoms with Crippen molar-refractivity contribution in [1.29, 1.82) is 0 Å². The Morgan fingerprint density at radius 3 is 2.70 bits per heavy atom. The number of rotatable bonds is 6. The Kier molecular flexibility index (Phi) is 5.27. The van der Waals surface area contributed by atoms with Crippen molar-refractivity contribution in [3.63, 3.8) is 0 Å². The summed E-state index contributed by atoms with van der Waals surface area (Å²) in [5.74, 6) is -0.510. The Bertz CT molecular complexity index is 532. The molecule has 0 radical (unpaired) electrons. The number of primary amides is 1. The van der Waals surface area contributed by atoms with E-state index in [-0.39, 0.29) is 24.4 Å². The van der Waals surface area contributed by atoms with Gasteiger partial charge in [-0.25, -0.2) is 4.79 Å². The molecular weight excluding hydrogens is 268 g/mol. The molecule has 0 saturated carbocycles. The summed E-state index contributed by atoms with van der Waals surface area (Å²) in [4.78, 5) is 32.3. The maximum Gasteiger partial charge on any atom is 0.404 e. The van der Waals surface area contributed by atoms with Crippen molar-refractivity contribution < 1.29 is 19.2 Å². The number of benzene rings is 1. The molecule has 108 valence electrons. The van der Waals surface area contributed by atoms with E-state index in [9.17, 15) is 19.7 Å². The van der Waals surface area contributed by atoms with Gasteiger partial charge in [0.2, 0.25) is 0 Å². The Morgan fingerprint density at radius 2 is 2.15 bits per heavy atom. The van der Waals surface area contributed by atoms with Gasteiger partial charge >= 0.3 is 6.09 Å². The number of nitro groups is 1. The minimum Gasteiger partial charge on any atom is -0.448 e. The van der Waals surface area contributed by atoms with Gasteiger partial charge in [-0.1, -0.05) is 0 Å². The molecule has 0 aromatic heterocycles. The van der Waals surface area contributed by atoms with Crippen LogP contribution in [0.5, 0.6) is 0 Å². The first kappa shape index (κ1) is 15.2. The van der Waals surface area contributed by atoms with E-state index < -0.39 is 16.9 Å². The predicted molar refractivity (Wildman–Crippen MR) is 70.5 cm³/mol. The highest BCUT2D eigenvalue weighted by molar-refractivity contribution is 5.95. The number of nitrogens with one attached hydrogen (secondary N) is 2. The fourth-order valence-electron chi connectivity index (χ4n) is 1.45. The van der Waals surface area contributed by atoms with Crippen LogP contribution in [0.3, 0.4) is 0 Å². The zero-order chi connectivity index (χ0) is 15.1. The van der Waals surface area contributed by atoms with Crippen molar-refractivity contribution in [1.82, 2.24) is 5.32 Å². The molecule has 1 aromatic rings. The summed E-state index contributed by atoms with van der Waals surface area (Å²) in [6.45, 7) is -0.0128. The fraction of sp³-hybridized carbons (Fsp3) is 0.273. The monoisotopic (exact) mass is 282 g/mol. The number of nitro benzene ring substituents is 1. The lowest BCUT2D eigenvalue weighted by atomic mass is 10.1. The Morgan fingerprint density at radius 1 is 1.45 bits per heavy atom. The van der Waals surface area contributed by atoms with Crippen molar-refractivity contribution in [3.05, 3.63) is 33.9 Å². The SMILES string of the molecule is CNc1ccc(C(=O)NCCOC(N)=O)cc1[N+](=O)[O-]. The lowest BCUT2D eigenvalue weighted by Crippen LogP contribution is -2.29. The van der Waals surface area contributed by atoms with E-state index in [2.05, 4.69) is 15.4 Å². The number of amides is 2. The summed E-state index contributed by atoms with van der Waals surface area (Å²) in [7, 11) is 1.54. The fourth-order valence-corrected chi connectivity index (χ4v) is 1.45. The van der Waals surface area contributed by atoms with E-state index in [1.54, 1.807) is 7.05 Å². The second-order valence-corrected chi connectivity index (χ2v) is 3.66. The molecule has 0 atom stereocenters. The zero-order valence-corrected chi connectivity index (χ0v) is 10.7. The molecule has 0 spiro atoms. The van der Waals surface area contributed by atoms with Crippen LogP contribution >= 0.6 is 0 Å². The van der Waals surface area contributed by atoms with Crippen LogP contribution in [0.25, 0.3) is 0 Å². The zero-order valence-electron chi connectivity index (χ0n) is 10.7. The van der Waals surface area contributed by atoms with E-state index >= 15 is 0 Å². The summed E-state index contributed by atoms with van der Waals surface area (Å²) < 4.78 is 4.43. The maximum absolute atomic E-state index is 11.7. The summed E-state index contributed by atoms with van der Waals surface area (Å²) in [6.07, 6.45) is -0.937. The van der Waals surface area contributed by atoms with Crippen molar-refractivity contribution >= 4 is 23.4 Å². The molecule has 0 heterocycles. The maximum atomic E-state index is 11.7. The van der Waals surface area contributed by atoms with Gasteiger partial charge in [-0.15, -0.1) is 0 Å².